The molecule has 1 N–H and O–H groups in total. The van der Waals surface area contributed by atoms with Crippen LogP contribution in [0.15, 0.2) is 36.5 Å². The summed E-state index contributed by atoms with van der Waals surface area (Å²) >= 11 is 0. The van der Waals surface area contributed by atoms with Crippen molar-refractivity contribution in [2.45, 2.75) is 25.4 Å². The van der Waals surface area contributed by atoms with Gasteiger partial charge in [0.25, 0.3) is 0 Å². The van der Waals surface area contributed by atoms with E-state index in [1.807, 2.05) is 30.3 Å². The Bertz CT molecular complexity index is 693. The summed E-state index contributed by atoms with van der Waals surface area (Å²) in [5.74, 6) is -0.253. The van der Waals surface area contributed by atoms with Gasteiger partial charge in [0.1, 0.15) is 0 Å². The predicted molar refractivity (Wildman–Crippen MR) is 79.4 cm³/mol. The molecule has 1 atom stereocenters. The molecule has 3 rings (SSSR count). The number of carbonyl (C=O) groups excluding carboxylic acids is 2. The molecule has 2 amide bonds. The van der Waals surface area contributed by atoms with Gasteiger partial charge in [0.05, 0.1) is 11.6 Å². The molecule has 0 aliphatic carbocycles. The summed E-state index contributed by atoms with van der Waals surface area (Å²) in [6.45, 7) is 0.585. The van der Waals surface area contributed by atoms with E-state index in [-0.39, 0.29) is 17.9 Å². The molecular weight excluding hydrogens is 266 g/mol. The summed E-state index contributed by atoms with van der Waals surface area (Å²) < 4.78 is 0. The van der Waals surface area contributed by atoms with Gasteiger partial charge in [0, 0.05) is 31.6 Å². The van der Waals surface area contributed by atoms with Crippen LogP contribution in [0.4, 0.5) is 0 Å². The second-order valence-corrected chi connectivity index (χ2v) is 5.25. The Kier molecular flexibility index (Phi) is 3.66. The molecule has 0 bridgehead atoms. The van der Waals surface area contributed by atoms with Crippen molar-refractivity contribution >= 4 is 22.7 Å². The number of para-hydroxylation sites is 1. The highest BCUT2D eigenvalue weighted by Gasteiger charge is 2.31. The first-order valence-electron chi connectivity index (χ1n) is 7.03. The zero-order valence-corrected chi connectivity index (χ0v) is 11.9. The van der Waals surface area contributed by atoms with Gasteiger partial charge in [-0.2, -0.15) is 0 Å². The van der Waals surface area contributed by atoms with Gasteiger partial charge in [0.2, 0.25) is 11.8 Å². The third-order valence-electron chi connectivity index (χ3n) is 3.93. The largest absolute Gasteiger partial charge is 0.302 e. The molecule has 1 unspecified atom stereocenters. The smallest absolute Gasteiger partial charge is 0.246 e. The van der Waals surface area contributed by atoms with Crippen LogP contribution in [0.5, 0.6) is 0 Å². The number of amides is 2. The van der Waals surface area contributed by atoms with Crippen molar-refractivity contribution in [2.24, 2.45) is 0 Å². The van der Waals surface area contributed by atoms with Gasteiger partial charge in [-0.15, -0.1) is 0 Å². The summed E-state index contributed by atoms with van der Waals surface area (Å²) in [7, 11) is 1.54. The molecule has 1 saturated heterocycles. The lowest BCUT2D eigenvalue weighted by atomic mass is 10.0. The molecular formula is C16H17N3O2. The average Bonchev–Trinajstić information content (AvgIpc) is 2.52. The Hall–Kier alpha value is -2.27. The Labute approximate surface area is 123 Å². The number of nitrogens with zero attached hydrogens (tertiary/aromatic N) is 2. The molecule has 5 nitrogen and oxygen atoms in total. The van der Waals surface area contributed by atoms with Crippen molar-refractivity contribution in [1.82, 2.24) is 15.2 Å². The van der Waals surface area contributed by atoms with E-state index in [1.54, 1.807) is 13.2 Å². The lowest BCUT2D eigenvalue weighted by Crippen LogP contribution is -2.51. The number of fused-ring (bicyclic) bond motifs is 1. The van der Waals surface area contributed by atoms with Crippen LogP contribution in [0.2, 0.25) is 0 Å². The minimum Gasteiger partial charge on any atom is -0.302 e. The second kappa shape index (κ2) is 5.61. The van der Waals surface area contributed by atoms with Crippen molar-refractivity contribution < 1.29 is 9.59 Å². The number of nitrogens with one attached hydrogen (secondary N) is 1. The molecule has 1 aromatic heterocycles. The number of hydrogen-bond donors (Lipinski definition) is 1. The topological polar surface area (TPSA) is 62.3 Å². The first kappa shape index (κ1) is 13.7. The van der Waals surface area contributed by atoms with E-state index in [1.165, 1.54) is 4.90 Å². The predicted octanol–water partition coefficient (Wildman–Crippen LogP) is 1.47. The standard InChI is InChI=1S/C16H17N3O2/c1-19-15(20)7-6-14(16(19)21)18-10-11-8-9-17-13-5-3-2-4-12(11)13/h2-5,8-9,14,18H,6-7,10H2,1H3. The maximum atomic E-state index is 12.1. The van der Waals surface area contributed by atoms with Crippen LogP contribution in [0.25, 0.3) is 10.9 Å². The van der Waals surface area contributed by atoms with E-state index in [4.69, 9.17) is 0 Å². The van der Waals surface area contributed by atoms with Crippen molar-refractivity contribution in [2.75, 3.05) is 7.05 Å². The first-order chi connectivity index (χ1) is 10.2. The third-order valence-corrected chi connectivity index (χ3v) is 3.93. The minimum absolute atomic E-state index is 0.104. The van der Waals surface area contributed by atoms with Gasteiger partial charge in [-0.25, -0.2) is 0 Å². The number of hydrogen-bond acceptors (Lipinski definition) is 4. The van der Waals surface area contributed by atoms with E-state index in [0.717, 1.165) is 16.5 Å². The van der Waals surface area contributed by atoms with Crippen molar-refractivity contribution in [3.63, 3.8) is 0 Å². The number of likely N-dealkylation sites (N-methyl/N-ethyl adjacent to an activating group) is 1. The molecule has 0 spiro atoms. The number of likely N-dealkylation sites (tertiary alicyclic amines) is 1. The SMILES string of the molecule is CN1C(=O)CCC(NCc2ccnc3ccccc23)C1=O. The molecule has 2 heterocycles. The second-order valence-electron chi connectivity index (χ2n) is 5.25. The van der Waals surface area contributed by atoms with Crippen LogP contribution in [0.3, 0.4) is 0 Å². The lowest BCUT2D eigenvalue weighted by Gasteiger charge is -2.28. The molecule has 5 heteroatoms. The van der Waals surface area contributed by atoms with Gasteiger partial charge in [-0.1, -0.05) is 18.2 Å². The highest BCUT2D eigenvalue weighted by Crippen LogP contribution is 2.17. The van der Waals surface area contributed by atoms with E-state index in [2.05, 4.69) is 10.3 Å². The number of rotatable bonds is 3. The Balaban J connectivity index is 1.75. The van der Waals surface area contributed by atoms with Gasteiger partial charge in [0.15, 0.2) is 0 Å². The van der Waals surface area contributed by atoms with Gasteiger partial charge in [-0.3, -0.25) is 19.5 Å². The lowest BCUT2D eigenvalue weighted by molar-refractivity contribution is -0.148. The summed E-state index contributed by atoms with van der Waals surface area (Å²) in [6.07, 6.45) is 2.75. The van der Waals surface area contributed by atoms with E-state index in [0.29, 0.717) is 19.4 Å². The number of carbonyl (C=O) groups is 2. The maximum Gasteiger partial charge on any atom is 0.246 e. The molecule has 108 valence electrons. The normalized spacial score (nSPS) is 19.3. The highest BCUT2D eigenvalue weighted by molar-refractivity contribution is 6.00. The monoisotopic (exact) mass is 283 g/mol. The molecule has 2 aromatic rings. The molecule has 1 aromatic carbocycles. The van der Waals surface area contributed by atoms with Gasteiger partial charge in [-0.05, 0) is 24.1 Å². The molecule has 1 fully saturated rings. The fourth-order valence-electron chi connectivity index (χ4n) is 2.65. The first-order valence-corrected chi connectivity index (χ1v) is 7.03. The Morgan fingerprint density at radius 3 is 2.95 bits per heavy atom. The van der Waals surface area contributed by atoms with Gasteiger partial charge < -0.3 is 5.32 Å². The number of benzene rings is 1. The number of piperidine rings is 1. The Morgan fingerprint density at radius 2 is 2.10 bits per heavy atom. The molecule has 0 radical (unpaired) electrons. The minimum atomic E-state index is -0.292. The zero-order chi connectivity index (χ0) is 14.8. The Morgan fingerprint density at radius 1 is 1.29 bits per heavy atom. The van der Waals surface area contributed by atoms with Crippen LogP contribution in [-0.4, -0.2) is 34.8 Å². The average molecular weight is 283 g/mol. The van der Waals surface area contributed by atoms with Crippen LogP contribution >= 0.6 is 0 Å². The van der Waals surface area contributed by atoms with Crippen LogP contribution in [-0.2, 0) is 16.1 Å². The van der Waals surface area contributed by atoms with Crippen LogP contribution < -0.4 is 5.32 Å². The fraction of sp³-hybridized carbons (Fsp3) is 0.312. The van der Waals surface area contributed by atoms with Crippen molar-refractivity contribution in [3.05, 3.63) is 42.1 Å². The molecule has 21 heavy (non-hydrogen) atoms. The van der Waals surface area contributed by atoms with Crippen molar-refractivity contribution in [1.29, 1.82) is 0 Å². The third kappa shape index (κ3) is 2.64. The number of aromatic nitrogens is 1. The van der Waals surface area contributed by atoms with E-state index in [9.17, 15) is 9.59 Å². The van der Waals surface area contributed by atoms with Crippen LogP contribution in [0, 0.1) is 0 Å². The van der Waals surface area contributed by atoms with E-state index >= 15 is 0 Å². The summed E-state index contributed by atoms with van der Waals surface area (Å²) in [6, 6.07) is 9.59. The summed E-state index contributed by atoms with van der Waals surface area (Å²) in [4.78, 5) is 29.1. The van der Waals surface area contributed by atoms with Crippen molar-refractivity contribution in [3.8, 4) is 0 Å². The molecule has 1 aliphatic heterocycles. The number of pyridine rings is 1. The summed E-state index contributed by atoms with van der Waals surface area (Å²) in [5.41, 5.74) is 2.05. The van der Waals surface area contributed by atoms with E-state index < -0.39 is 0 Å². The number of imide groups is 1. The molecule has 0 saturated carbocycles. The molecule has 1 aliphatic rings. The zero-order valence-electron chi connectivity index (χ0n) is 11.9. The maximum absolute atomic E-state index is 12.1. The summed E-state index contributed by atoms with van der Waals surface area (Å²) in [5, 5.41) is 4.34. The quantitative estimate of drug-likeness (QED) is 0.867. The van der Waals surface area contributed by atoms with Crippen LogP contribution in [0.1, 0.15) is 18.4 Å². The van der Waals surface area contributed by atoms with Gasteiger partial charge >= 0.3 is 0 Å². The fourth-order valence-corrected chi connectivity index (χ4v) is 2.65. The highest BCUT2D eigenvalue weighted by atomic mass is 16.2.